The molecule has 0 bridgehead atoms. The van der Waals surface area contributed by atoms with Crippen molar-refractivity contribution in [1.82, 2.24) is 19.7 Å². The molecule has 0 radical (unpaired) electrons. The lowest BCUT2D eigenvalue weighted by Gasteiger charge is -2.17. The molecule has 3 rings (SSSR count). The second-order valence-electron chi connectivity index (χ2n) is 6.54. The van der Waals surface area contributed by atoms with Crippen molar-refractivity contribution in [2.75, 3.05) is 19.9 Å². The smallest absolute Gasteiger partial charge is 0.233 e. The zero-order valence-corrected chi connectivity index (χ0v) is 17.6. The molecule has 0 saturated heterocycles. The van der Waals surface area contributed by atoms with E-state index >= 15 is 0 Å². The molecule has 0 saturated carbocycles. The summed E-state index contributed by atoms with van der Waals surface area (Å²) in [5.41, 5.74) is 6.26. The topological polar surface area (TPSA) is 116 Å². The molecule has 1 aromatic carbocycles. The predicted molar refractivity (Wildman–Crippen MR) is 112 cm³/mol. The number of aromatic nitrogens is 3. The van der Waals surface area contributed by atoms with Gasteiger partial charge < -0.3 is 19.8 Å². The average Bonchev–Trinajstić information content (AvgIpc) is 3.40. The van der Waals surface area contributed by atoms with E-state index in [-0.39, 0.29) is 18.1 Å². The van der Waals surface area contributed by atoms with Gasteiger partial charge in [-0.3, -0.25) is 14.2 Å². The Hall–Kier alpha value is -3.27. The Bertz CT molecular complexity index is 1000. The van der Waals surface area contributed by atoms with Crippen molar-refractivity contribution in [1.29, 1.82) is 0 Å². The molecule has 3 aromatic rings. The van der Waals surface area contributed by atoms with Crippen LogP contribution < -0.4 is 10.5 Å². The van der Waals surface area contributed by atoms with Gasteiger partial charge in [0.15, 0.2) is 16.7 Å². The van der Waals surface area contributed by atoms with Crippen LogP contribution >= 0.6 is 11.8 Å². The zero-order valence-electron chi connectivity index (χ0n) is 16.8. The summed E-state index contributed by atoms with van der Waals surface area (Å²) in [5, 5.41) is 8.84. The van der Waals surface area contributed by atoms with E-state index in [1.54, 1.807) is 35.8 Å². The Balaban J connectivity index is 1.66. The van der Waals surface area contributed by atoms with E-state index in [2.05, 4.69) is 10.2 Å². The van der Waals surface area contributed by atoms with E-state index in [4.69, 9.17) is 14.9 Å². The number of amides is 2. The number of carbonyl (C=O) groups is 2. The van der Waals surface area contributed by atoms with Gasteiger partial charge in [-0.1, -0.05) is 23.9 Å². The number of benzene rings is 1. The van der Waals surface area contributed by atoms with Crippen molar-refractivity contribution < 1.29 is 18.7 Å². The molecule has 2 aromatic heterocycles. The first-order chi connectivity index (χ1) is 14.5. The second-order valence-corrected chi connectivity index (χ2v) is 7.48. The second kappa shape index (κ2) is 9.97. The number of furan rings is 1. The Morgan fingerprint density at radius 3 is 2.80 bits per heavy atom. The number of ether oxygens (including phenoxy) is 1. The van der Waals surface area contributed by atoms with Crippen molar-refractivity contribution >= 4 is 23.6 Å². The Labute approximate surface area is 178 Å². The van der Waals surface area contributed by atoms with Crippen molar-refractivity contribution in [3.05, 3.63) is 48.2 Å². The van der Waals surface area contributed by atoms with E-state index in [0.29, 0.717) is 29.8 Å². The fraction of sp³-hybridized carbons (Fsp3) is 0.300. The number of carbonyl (C=O) groups excluding carboxylic acids is 2. The van der Waals surface area contributed by atoms with Crippen LogP contribution in [0, 0.1) is 0 Å². The van der Waals surface area contributed by atoms with E-state index in [9.17, 15) is 9.59 Å². The minimum Gasteiger partial charge on any atom is -0.497 e. The molecule has 9 nitrogen and oxygen atoms in total. The van der Waals surface area contributed by atoms with Gasteiger partial charge in [0.1, 0.15) is 5.75 Å². The molecular formula is C20H23N5O4S. The molecule has 30 heavy (non-hydrogen) atoms. The van der Waals surface area contributed by atoms with Crippen LogP contribution in [0.15, 0.2) is 52.2 Å². The van der Waals surface area contributed by atoms with E-state index in [0.717, 1.165) is 11.3 Å². The minimum atomic E-state index is -0.431. The van der Waals surface area contributed by atoms with Crippen LogP contribution in [-0.4, -0.2) is 51.4 Å². The van der Waals surface area contributed by atoms with Crippen molar-refractivity contribution in [2.24, 2.45) is 5.73 Å². The monoisotopic (exact) mass is 429 g/mol. The lowest BCUT2D eigenvalue weighted by Crippen LogP contribution is -2.28. The standard InChI is InChI=1S/C20H23N5O4S/c1-24(12-14-5-3-6-15(11-14)28-2)18(27)13-30-20-23-22-19(16-7-4-10-29-16)25(20)9-8-17(21)26/h3-7,10-11H,8-9,12-13H2,1-2H3,(H2,21,26). The lowest BCUT2D eigenvalue weighted by atomic mass is 10.2. The Morgan fingerprint density at radius 1 is 1.27 bits per heavy atom. The van der Waals surface area contributed by atoms with Gasteiger partial charge in [0, 0.05) is 26.6 Å². The summed E-state index contributed by atoms with van der Waals surface area (Å²) in [6.45, 7) is 0.761. The molecule has 0 fully saturated rings. The predicted octanol–water partition coefficient (Wildman–Crippen LogP) is 2.17. The molecular weight excluding hydrogens is 406 g/mol. The fourth-order valence-electron chi connectivity index (χ4n) is 2.78. The van der Waals surface area contributed by atoms with E-state index in [1.807, 2.05) is 24.3 Å². The number of methoxy groups -OCH3 is 1. The molecule has 10 heteroatoms. The third kappa shape index (κ3) is 5.41. The summed E-state index contributed by atoms with van der Waals surface area (Å²) < 4.78 is 12.4. The first kappa shape index (κ1) is 21.4. The highest BCUT2D eigenvalue weighted by atomic mass is 32.2. The number of thioether (sulfide) groups is 1. The van der Waals surface area contributed by atoms with Gasteiger partial charge in [0.2, 0.25) is 11.8 Å². The molecule has 2 amide bonds. The summed E-state index contributed by atoms with van der Waals surface area (Å²) >= 11 is 1.25. The number of nitrogens with zero attached hydrogens (tertiary/aromatic N) is 4. The van der Waals surface area contributed by atoms with Gasteiger partial charge in [-0.15, -0.1) is 10.2 Å². The summed E-state index contributed by atoms with van der Waals surface area (Å²) in [6, 6.07) is 11.1. The molecule has 0 aliphatic carbocycles. The Kier molecular flexibility index (Phi) is 7.12. The third-order valence-electron chi connectivity index (χ3n) is 4.34. The van der Waals surface area contributed by atoms with Crippen molar-refractivity contribution in [2.45, 2.75) is 24.7 Å². The fourth-order valence-corrected chi connectivity index (χ4v) is 3.68. The quantitative estimate of drug-likeness (QED) is 0.491. The van der Waals surface area contributed by atoms with Crippen LogP contribution in [0.4, 0.5) is 0 Å². The van der Waals surface area contributed by atoms with Gasteiger partial charge in [0.05, 0.1) is 19.1 Å². The number of primary amides is 1. The number of nitrogens with two attached hydrogens (primary N) is 1. The maximum Gasteiger partial charge on any atom is 0.233 e. The zero-order chi connectivity index (χ0) is 21.5. The van der Waals surface area contributed by atoms with Crippen LogP contribution in [0.3, 0.4) is 0 Å². The summed E-state index contributed by atoms with van der Waals surface area (Å²) in [7, 11) is 3.35. The highest BCUT2D eigenvalue weighted by Gasteiger charge is 2.19. The molecule has 2 heterocycles. The Morgan fingerprint density at radius 2 is 2.10 bits per heavy atom. The molecule has 2 N–H and O–H groups in total. The lowest BCUT2D eigenvalue weighted by molar-refractivity contribution is -0.127. The molecule has 0 aliphatic heterocycles. The normalized spacial score (nSPS) is 10.7. The maximum absolute atomic E-state index is 12.6. The number of hydrogen-bond acceptors (Lipinski definition) is 7. The highest BCUT2D eigenvalue weighted by Crippen LogP contribution is 2.25. The largest absolute Gasteiger partial charge is 0.497 e. The van der Waals surface area contributed by atoms with Gasteiger partial charge >= 0.3 is 0 Å². The van der Waals surface area contributed by atoms with Crippen molar-refractivity contribution in [3.63, 3.8) is 0 Å². The molecule has 0 unspecified atom stereocenters. The maximum atomic E-state index is 12.6. The van der Waals surface area contributed by atoms with Crippen LogP contribution in [0.2, 0.25) is 0 Å². The van der Waals surface area contributed by atoms with Crippen LogP contribution in [0.1, 0.15) is 12.0 Å². The van der Waals surface area contributed by atoms with Gasteiger partial charge in [-0.2, -0.15) is 0 Å². The first-order valence-corrected chi connectivity index (χ1v) is 10.2. The van der Waals surface area contributed by atoms with Gasteiger partial charge in [-0.25, -0.2) is 0 Å². The van der Waals surface area contributed by atoms with E-state index in [1.165, 1.54) is 18.0 Å². The van der Waals surface area contributed by atoms with Crippen LogP contribution in [-0.2, 0) is 22.7 Å². The summed E-state index contributed by atoms with van der Waals surface area (Å²) in [5.74, 6) is 1.44. The average molecular weight is 430 g/mol. The molecule has 0 atom stereocenters. The van der Waals surface area contributed by atoms with Crippen LogP contribution in [0.25, 0.3) is 11.6 Å². The summed E-state index contributed by atoms with van der Waals surface area (Å²) in [4.78, 5) is 25.5. The number of rotatable bonds is 10. The molecule has 0 aliphatic rings. The van der Waals surface area contributed by atoms with Gasteiger partial charge in [-0.05, 0) is 29.8 Å². The van der Waals surface area contributed by atoms with Gasteiger partial charge in [0.25, 0.3) is 0 Å². The van der Waals surface area contributed by atoms with E-state index < -0.39 is 5.91 Å². The molecule has 158 valence electrons. The van der Waals surface area contributed by atoms with Crippen molar-refractivity contribution in [3.8, 4) is 17.3 Å². The third-order valence-corrected chi connectivity index (χ3v) is 5.30. The summed E-state index contributed by atoms with van der Waals surface area (Å²) in [6.07, 6.45) is 1.66. The number of hydrogen-bond donors (Lipinski definition) is 1. The highest BCUT2D eigenvalue weighted by molar-refractivity contribution is 7.99. The molecule has 0 spiro atoms. The first-order valence-electron chi connectivity index (χ1n) is 9.23. The van der Waals surface area contributed by atoms with Crippen LogP contribution in [0.5, 0.6) is 5.75 Å². The minimum absolute atomic E-state index is 0.0631. The SMILES string of the molecule is COc1cccc(CN(C)C(=O)CSc2nnc(-c3ccco3)n2CCC(N)=O)c1.